The Bertz CT molecular complexity index is 1210. The van der Waals surface area contributed by atoms with Gasteiger partial charge in [0.05, 0.1) is 15.2 Å². The number of fused-ring (bicyclic) bond motifs is 1. The van der Waals surface area contributed by atoms with E-state index in [2.05, 4.69) is 14.0 Å². The minimum absolute atomic E-state index is 0.142. The Labute approximate surface area is 197 Å². The van der Waals surface area contributed by atoms with Gasteiger partial charge in [0, 0.05) is 36.6 Å². The third-order valence-corrected chi connectivity index (χ3v) is 7.61. The van der Waals surface area contributed by atoms with Gasteiger partial charge in [-0.3, -0.25) is 4.79 Å². The largest absolute Gasteiger partial charge is 0.435 e. The molecule has 172 valence electrons. The molecule has 1 amide bonds. The maximum Gasteiger partial charge on any atom is 0.387 e. The highest BCUT2D eigenvalue weighted by atomic mass is 32.2. The maximum absolute atomic E-state index is 12.8. The summed E-state index contributed by atoms with van der Waals surface area (Å²) in [6.07, 6.45) is -1.22. The number of ether oxygens (including phenoxy) is 1. The van der Waals surface area contributed by atoms with Gasteiger partial charge in [0.2, 0.25) is 0 Å². The molecule has 3 aromatic rings. The molecule has 2 aromatic carbocycles. The molecule has 1 N–H and O–H groups in total. The number of hydrogen-bond acceptors (Lipinski definition) is 7. The summed E-state index contributed by atoms with van der Waals surface area (Å²) < 4.78 is 32.0. The number of para-hydroxylation sites is 1. The van der Waals surface area contributed by atoms with Crippen LogP contribution in [0, 0.1) is 6.92 Å². The molecule has 2 saturated heterocycles. The van der Waals surface area contributed by atoms with Crippen molar-refractivity contribution in [2.24, 2.45) is 0 Å². The van der Waals surface area contributed by atoms with Crippen LogP contribution >= 0.6 is 23.3 Å². The number of benzene rings is 2. The number of hydrogen-bond donors (Lipinski definition) is 1. The molecular weight excluding hydrogens is 468 g/mol. The van der Waals surface area contributed by atoms with Crippen LogP contribution in [0.4, 0.5) is 8.78 Å². The van der Waals surface area contributed by atoms with Crippen LogP contribution in [0.15, 0.2) is 58.5 Å². The number of thiazole rings is 1. The van der Waals surface area contributed by atoms with E-state index in [1.807, 2.05) is 19.1 Å². The molecule has 0 aliphatic carbocycles. The lowest BCUT2D eigenvalue weighted by atomic mass is 9.95. The Morgan fingerprint density at radius 1 is 1.12 bits per heavy atom. The second-order valence-corrected chi connectivity index (χ2v) is 10.4. The van der Waals surface area contributed by atoms with Gasteiger partial charge in [-0.15, -0.1) is 11.3 Å². The number of carbonyl (C=O) groups excluding carboxylic acids is 1. The Balaban J connectivity index is 1.14. The third kappa shape index (κ3) is 4.61. The Kier molecular flexibility index (Phi) is 6.09. The SMILES string of the molecule is Cc1nc2c(C(O)C(=O)N3CC(=C4CN(Sc5ccc(OC(F)F)cc5)C4)C3)cccc2s1. The molecule has 3 heterocycles. The van der Waals surface area contributed by atoms with Crippen LogP contribution in [0.2, 0.25) is 0 Å². The molecule has 33 heavy (non-hydrogen) atoms. The van der Waals surface area contributed by atoms with Crippen molar-refractivity contribution >= 4 is 39.4 Å². The number of amides is 1. The number of nitrogens with zero attached hydrogens (tertiary/aromatic N) is 3. The lowest BCUT2D eigenvalue weighted by molar-refractivity contribution is -0.141. The van der Waals surface area contributed by atoms with E-state index in [-0.39, 0.29) is 11.7 Å². The highest BCUT2D eigenvalue weighted by Crippen LogP contribution is 2.35. The summed E-state index contributed by atoms with van der Waals surface area (Å²) in [4.78, 5) is 19.9. The molecule has 6 nitrogen and oxygen atoms in total. The molecule has 2 aliphatic rings. The zero-order valence-corrected chi connectivity index (χ0v) is 19.3. The van der Waals surface area contributed by atoms with Gasteiger partial charge >= 0.3 is 6.61 Å². The number of aliphatic hydroxyl groups excluding tert-OH is 1. The van der Waals surface area contributed by atoms with Gasteiger partial charge in [-0.1, -0.05) is 12.1 Å². The second-order valence-electron chi connectivity index (χ2n) is 7.97. The number of carbonyl (C=O) groups is 1. The maximum atomic E-state index is 12.8. The van der Waals surface area contributed by atoms with Crippen molar-refractivity contribution in [3.8, 4) is 5.75 Å². The number of alkyl halides is 2. The molecule has 0 bridgehead atoms. The van der Waals surface area contributed by atoms with Crippen molar-refractivity contribution in [3.63, 3.8) is 0 Å². The quantitative estimate of drug-likeness (QED) is 0.409. The summed E-state index contributed by atoms with van der Waals surface area (Å²) in [6.45, 7) is 1.74. The van der Waals surface area contributed by atoms with Gasteiger partial charge in [0.15, 0.2) is 6.10 Å². The van der Waals surface area contributed by atoms with Crippen LogP contribution < -0.4 is 4.74 Å². The number of aromatic nitrogens is 1. The average Bonchev–Trinajstić information content (AvgIpc) is 3.11. The molecule has 10 heteroatoms. The number of aliphatic hydroxyl groups is 1. The van der Waals surface area contributed by atoms with Crippen LogP contribution in [-0.2, 0) is 4.79 Å². The predicted molar refractivity (Wildman–Crippen MR) is 123 cm³/mol. The third-order valence-electron chi connectivity index (χ3n) is 5.68. The monoisotopic (exact) mass is 489 g/mol. The topological polar surface area (TPSA) is 65.9 Å². The van der Waals surface area contributed by atoms with Crippen molar-refractivity contribution in [1.82, 2.24) is 14.2 Å². The number of rotatable bonds is 6. The smallest absolute Gasteiger partial charge is 0.387 e. The fourth-order valence-corrected chi connectivity index (χ4v) is 5.76. The fourth-order valence-electron chi connectivity index (χ4n) is 3.90. The summed E-state index contributed by atoms with van der Waals surface area (Å²) in [5.74, 6) is -0.155. The lowest BCUT2D eigenvalue weighted by Crippen LogP contribution is -2.50. The molecule has 0 radical (unpaired) electrons. The first-order valence-electron chi connectivity index (χ1n) is 10.4. The lowest BCUT2D eigenvalue weighted by Gasteiger charge is -2.42. The molecule has 2 aliphatic heterocycles. The molecule has 2 fully saturated rings. The van der Waals surface area contributed by atoms with Crippen LogP contribution in [0.3, 0.4) is 0 Å². The Morgan fingerprint density at radius 2 is 1.82 bits per heavy atom. The van der Waals surface area contributed by atoms with Crippen molar-refractivity contribution in [3.05, 3.63) is 64.2 Å². The zero-order chi connectivity index (χ0) is 23.1. The van der Waals surface area contributed by atoms with E-state index in [1.165, 1.54) is 23.3 Å². The molecule has 1 unspecified atom stereocenters. The van der Waals surface area contributed by atoms with Crippen LogP contribution in [0.25, 0.3) is 10.2 Å². The zero-order valence-electron chi connectivity index (χ0n) is 17.7. The van der Waals surface area contributed by atoms with Crippen molar-refractivity contribution in [1.29, 1.82) is 0 Å². The molecule has 1 atom stereocenters. The second kappa shape index (κ2) is 9.02. The van der Waals surface area contributed by atoms with E-state index in [0.717, 1.165) is 27.7 Å². The Hall–Kier alpha value is -2.53. The van der Waals surface area contributed by atoms with Gasteiger partial charge in [-0.05, 0) is 60.3 Å². The normalized spacial score (nSPS) is 17.3. The molecule has 0 spiro atoms. The van der Waals surface area contributed by atoms with Gasteiger partial charge < -0.3 is 14.7 Å². The summed E-state index contributed by atoms with van der Waals surface area (Å²) in [6, 6.07) is 12.1. The fraction of sp³-hybridized carbons (Fsp3) is 0.304. The Morgan fingerprint density at radius 3 is 2.52 bits per heavy atom. The first kappa shape index (κ1) is 22.3. The minimum atomic E-state index is -2.83. The standard InChI is InChI=1S/C23H21F2N3O3S2/c1-13-26-20-18(3-2-4-19(20)32-13)21(29)22(30)27-9-14(10-27)15-11-28(12-15)33-17-7-5-16(6-8-17)31-23(24)25/h2-8,21,23,29H,9-12H2,1H3. The van der Waals surface area contributed by atoms with Gasteiger partial charge in [0.25, 0.3) is 5.91 Å². The van der Waals surface area contributed by atoms with Gasteiger partial charge in [0.1, 0.15) is 5.75 Å². The van der Waals surface area contributed by atoms with E-state index in [1.54, 1.807) is 46.4 Å². The molecule has 1 aromatic heterocycles. The summed E-state index contributed by atoms with van der Waals surface area (Å²) in [5, 5.41) is 11.6. The van der Waals surface area contributed by atoms with Crippen LogP contribution in [0.5, 0.6) is 5.75 Å². The van der Waals surface area contributed by atoms with E-state index in [0.29, 0.717) is 24.2 Å². The summed E-state index contributed by atoms with van der Waals surface area (Å²) in [7, 11) is 0. The van der Waals surface area contributed by atoms with E-state index in [9.17, 15) is 18.7 Å². The minimum Gasteiger partial charge on any atom is -0.435 e. The van der Waals surface area contributed by atoms with Crippen molar-refractivity contribution < 1.29 is 23.4 Å². The number of likely N-dealkylation sites (tertiary alicyclic amines) is 1. The average molecular weight is 490 g/mol. The highest BCUT2D eigenvalue weighted by Gasteiger charge is 2.35. The van der Waals surface area contributed by atoms with Crippen molar-refractivity contribution in [2.75, 3.05) is 26.2 Å². The predicted octanol–water partition coefficient (Wildman–Crippen LogP) is 4.40. The summed E-state index contributed by atoms with van der Waals surface area (Å²) in [5.41, 5.74) is 3.78. The summed E-state index contributed by atoms with van der Waals surface area (Å²) >= 11 is 3.10. The van der Waals surface area contributed by atoms with E-state index >= 15 is 0 Å². The van der Waals surface area contributed by atoms with Gasteiger partial charge in [-0.25, -0.2) is 9.29 Å². The number of halogens is 2. The first-order valence-corrected chi connectivity index (χ1v) is 12.0. The van der Waals surface area contributed by atoms with Crippen LogP contribution in [0.1, 0.15) is 16.7 Å². The molecule has 0 saturated carbocycles. The van der Waals surface area contributed by atoms with E-state index < -0.39 is 12.7 Å². The molecule has 5 rings (SSSR count). The van der Waals surface area contributed by atoms with Crippen molar-refractivity contribution in [2.45, 2.75) is 24.5 Å². The number of aryl methyl sites for hydroxylation is 1. The highest BCUT2D eigenvalue weighted by molar-refractivity contribution is 7.97. The molecular formula is C23H21F2N3O3S2. The first-order chi connectivity index (χ1) is 15.9. The van der Waals surface area contributed by atoms with E-state index in [4.69, 9.17) is 0 Å². The van der Waals surface area contributed by atoms with Gasteiger partial charge in [-0.2, -0.15) is 8.78 Å². The van der Waals surface area contributed by atoms with Crippen LogP contribution in [-0.4, -0.2) is 58.0 Å².